The molecule has 1 N–H and O–H groups in total. The molecule has 3 fully saturated rings. The smallest absolute Gasteiger partial charge is 0.422 e. The molecule has 49 heavy (non-hydrogen) atoms. The average Bonchev–Trinajstić information content (AvgIpc) is 3.34. The molecule has 260 valence electrons. The zero-order valence-electron chi connectivity index (χ0n) is 25.9. The first-order chi connectivity index (χ1) is 23.3. The minimum atomic E-state index is -4.55. The maximum atomic E-state index is 15.2. The summed E-state index contributed by atoms with van der Waals surface area (Å²) in [6.45, 7) is 1.17. The van der Waals surface area contributed by atoms with Crippen LogP contribution in [0.25, 0.3) is 0 Å². The van der Waals surface area contributed by atoms with Crippen LogP contribution in [0.15, 0.2) is 65.1 Å². The van der Waals surface area contributed by atoms with Gasteiger partial charge in [-0.25, -0.2) is 9.18 Å². The number of piperazine rings is 1. The molecule has 16 heteroatoms. The molecule has 0 aromatic heterocycles. The molecule has 4 amide bonds. The fourth-order valence-corrected chi connectivity index (χ4v) is 6.39. The fraction of sp³-hybridized carbons (Fsp3) is 0.364. The van der Waals surface area contributed by atoms with E-state index >= 15 is 4.39 Å². The molecule has 3 saturated heterocycles. The van der Waals surface area contributed by atoms with Crippen LogP contribution in [0.5, 0.6) is 11.5 Å². The molecule has 3 aliphatic heterocycles. The number of rotatable bonds is 9. The van der Waals surface area contributed by atoms with Crippen LogP contribution >= 0.6 is 27.5 Å². The monoisotopic (exact) mass is 768 g/mol. The van der Waals surface area contributed by atoms with Gasteiger partial charge in [-0.2, -0.15) is 13.2 Å². The maximum Gasteiger partial charge on any atom is 0.422 e. The van der Waals surface area contributed by atoms with Crippen LogP contribution in [-0.4, -0.2) is 91.5 Å². The van der Waals surface area contributed by atoms with Crippen molar-refractivity contribution >= 4 is 51.1 Å². The van der Waals surface area contributed by atoms with Gasteiger partial charge in [0.1, 0.15) is 29.5 Å². The molecule has 3 aromatic rings. The number of carbonyl (C=O) groups is 3. The average molecular weight is 770 g/mol. The van der Waals surface area contributed by atoms with Crippen LogP contribution in [0.3, 0.4) is 0 Å². The Morgan fingerprint density at radius 2 is 1.78 bits per heavy atom. The largest absolute Gasteiger partial charge is 0.485 e. The second-order valence-electron chi connectivity index (χ2n) is 11.8. The van der Waals surface area contributed by atoms with E-state index in [2.05, 4.69) is 21.2 Å². The Morgan fingerprint density at radius 3 is 2.41 bits per heavy atom. The quantitative estimate of drug-likeness (QED) is 0.270. The minimum absolute atomic E-state index is 0.0146. The van der Waals surface area contributed by atoms with Crippen LogP contribution in [0.4, 0.5) is 28.0 Å². The Bertz CT molecular complexity index is 1750. The van der Waals surface area contributed by atoms with Gasteiger partial charge in [0.2, 0.25) is 5.91 Å². The lowest BCUT2D eigenvalue weighted by Crippen LogP contribution is -2.58. The van der Waals surface area contributed by atoms with Gasteiger partial charge in [-0.3, -0.25) is 14.5 Å². The summed E-state index contributed by atoms with van der Waals surface area (Å²) in [6.07, 6.45) is -4.71. The third kappa shape index (κ3) is 7.58. The van der Waals surface area contributed by atoms with Crippen molar-refractivity contribution in [1.29, 1.82) is 0 Å². The van der Waals surface area contributed by atoms with E-state index in [-0.39, 0.29) is 48.6 Å². The summed E-state index contributed by atoms with van der Waals surface area (Å²) in [5.74, 6) is -1.35. The van der Waals surface area contributed by atoms with Crippen LogP contribution in [-0.2, 0) is 9.53 Å². The second kappa shape index (κ2) is 14.0. The number of urea groups is 1. The number of nitrogens with one attached hydrogen (secondary N) is 1. The Labute approximate surface area is 291 Å². The van der Waals surface area contributed by atoms with Crippen LogP contribution in [0, 0.1) is 5.82 Å². The van der Waals surface area contributed by atoms with E-state index in [1.807, 2.05) is 0 Å². The summed E-state index contributed by atoms with van der Waals surface area (Å²) >= 11 is 9.53. The van der Waals surface area contributed by atoms with Gasteiger partial charge in [0.05, 0.1) is 30.3 Å². The number of hydrogen-bond donors (Lipinski definition) is 1. The molecule has 6 rings (SSSR count). The van der Waals surface area contributed by atoms with Crippen LogP contribution in [0.2, 0.25) is 5.02 Å². The summed E-state index contributed by atoms with van der Waals surface area (Å²) in [5.41, 5.74) is 0.716. The number of carbonyl (C=O) groups excluding carboxylic acids is 3. The minimum Gasteiger partial charge on any atom is -0.485 e. The van der Waals surface area contributed by atoms with E-state index in [0.29, 0.717) is 34.0 Å². The van der Waals surface area contributed by atoms with Gasteiger partial charge in [-0.1, -0.05) is 17.7 Å². The lowest BCUT2D eigenvalue weighted by molar-refractivity contribution is -0.153. The van der Waals surface area contributed by atoms with Crippen molar-refractivity contribution in [2.75, 3.05) is 44.4 Å². The van der Waals surface area contributed by atoms with Gasteiger partial charge in [0.25, 0.3) is 5.91 Å². The highest BCUT2D eigenvalue weighted by Crippen LogP contribution is 2.35. The van der Waals surface area contributed by atoms with Gasteiger partial charge in [-0.15, -0.1) is 0 Å². The summed E-state index contributed by atoms with van der Waals surface area (Å²) in [6, 6.07) is 11.0. The van der Waals surface area contributed by atoms with E-state index in [1.165, 1.54) is 57.2 Å². The normalized spacial score (nSPS) is 20.1. The van der Waals surface area contributed by atoms with E-state index in [1.54, 1.807) is 25.1 Å². The van der Waals surface area contributed by atoms with Crippen molar-refractivity contribution in [3.63, 3.8) is 0 Å². The summed E-state index contributed by atoms with van der Waals surface area (Å²) < 4.78 is 69.5. The third-order valence-corrected chi connectivity index (χ3v) is 9.69. The van der Waals surface area contributed by atoms with Gasteiger partial charge < -0.3 is 29.3 Å². The molecule has 0 bridgehead atoms. The second-order valence-corrected chi connectivity index (χ2v) is 13.1. The van der Waals surface area contributed by atoms with Crippen LogP contribution < -0.4 is 19.7 Å². The van der Waals surface area contributed by atoms with Crippen molar-refractivity contribution in [3.8, 4) is 11.5 Å². The zero-order chi connectivity index (χ0) is 35.0. The third-order valence-electron chi connectivity index (χ3n) is 8.46. The SMILES string of the molecule is C[C@H](NC(=O)C1C2CN(C(=O)c3ccc(Br)c(Cl)c3)CCN2C(=O)N1c1ccc(OCC(F)(F)F)cc1)c1ccc(OC2COC2)cc1F. The van der Waals surface area contributed by atoms with E-state index in [4.69, 9.17) is 25.8 Å². The Kier molecular flexibility index (Phi) is 9.96. The molecule has 0 radical (unpaired) electrons. The molecular formula is C33H30BrClF4N4O6. The molecule has 3 aromatic carbocycles. The van der Waals surface area contributed by atoms with Gasteiger partial charge in [0.15, 0.2) is 6.61 Å². The molecule has 10 nitrogen and oxygen atoms in total. The Morgan fingerprint density at radius 1 is 1.06 bits per heavy atom. The molecule has 0 aliphatic carbocycles. The summed E-state index contributed by atoms with van der Waals surface area (Å²) in [5, 5.41) is 3.15. The van der Waals surface area contributed by atoms with Gasteiger partial charge >= 0.3 is 12.2 Å². The number of halogens is 6. The first-order valence-corrected chi connectivity index (χ1v) is 16.4. The van der Waals surface area contributed by atoms with Crippen molar-refractivity contribution in [2.45, 2.75) is 37.3 Å². The standard InChI is InChI=1S/C33H30BrClF4N4O6/c1-18(24-8-7-22(13-27(24)36)49-23-15-47-16-23)40-30(44)29-28-14-41(31(45)19-2-9-25(34)26(35)12-19)10-11-42(28)32(46)43(29)20-3-5-21(6-4-20)48-17-33(37,38)39/h2-9,12-13,18,23,28-29H,10-11,14-17H2,1H3,(H,40,44)/t18-,28?,29?/m0/s1. The number of nitrogens with zero attached hydrogens (tertiary/aromatic N) is 3. The van der Waals surface area contributed by atoms with E-state index in [0.717, 1.165) is 0 Å². The van der Waals surface area contributed by atoms with Gasteiger partial charge in [-0.05, 0) is 71.4 Å². The van der Waals surface area contributed by atoms with E-state index < -0.39 is 48.7 Å². The molecular weight excluding hydrogens is 740 g/mol. The summed E-state index contributed by atoms with van der Waals surface area (Å²) in [4.78, 5) is 45.8. The fourth-order valence-electron chi connectivity index (χ4n) is 5.96. The first kappa shape index (κ1) is 34.8. The number of alkyl halides is 3. The maximum absolute atomic E-state index is 15.2. The Balaban J connectivity index is 1.26. The van der Waals surface area contributed by atoms with Crippen molar-refractivity contribution in [2.24, 2.45) is 0 Å². The predicted molar refractivity (Wildman–Crippen MR) is 173 cm³/mol. The lowest BCUT2D eigenvalue weighted by atomic mass is 10.0. The number of anilines is 1. The highest BCUT2D eigenvalue weighted by atomic mass is 79.9. The predicted octanol–water partition coefficient (Wildman–Crippen LogP) is 5.97. The zero-order valence-corrected chi connectivity index (χ0v) is 28.2. The molecule has 2 unspecified atom stereocenters. The highest BCUT2D eigenvalue weighted by Gasteiger charge is 2.53. The summed E-state index contributed by atoms with van der Waals surface area (Å²) in [7, 11) is 0. The van der Waals surface area contributed by atoms with Crippen molar-refractivity contribution < 1.29 is 46.2 Å². The first-order valence-electron chi connectivity index (χ1n) is 15.3. The number of hydrogen-bond acceptors (Lipinski definition) is 6. The number of ether oxygens (including phenoxy) is 3. The number of benzene rings is 3. The van der Waals surface area contributed by atoms with Crippen molar-refractivity contribution in [1.82, 2.24) is 15.1 Å². The van der Waals surface area contributed by atoms with Gasteiger partial charge in [0, 0.05) is 47.0 Å². The van der Waals surface area contributed by atoms with Crippen molar-refractivity contribution in [3.05, 3.63) is 87.1 Å². The van der Waals surface area contributed by atoms with Crippen LogP contribution in [0.1, 0.15) is 28.9 Å². The highest BCUT2D eigenvalue weighted by molar-refractivity contribution is 9.10. The molecule has 3 heterocycles. The van der Waals surface area contributed by atoms with E-state index in [9.17, 15) is 27.6 Å². The molecule has 3 aliphatic rings. The Hall–Kier alpha value is -4.08. The number of amides is 4. The molecule has 0 saturated carbocycles. The number of fused-ring (bicyclic) bond motifs is 1. The molecule has 0 spiro atoms. The lowest BCUT2D eigenvalue weighted by Gasteiger charge is -2.38. The topological polar surface area (TPSA) is 101 Å². The molecule has 3 atom stereocenters.